The normalized spacial score (nSPS) is 24.9. The first-order chi connectivity index (χ1) is 13.3. The minimum atomic E-state index is 0.222. The number of benzene rings is 1. The molecular formula is C21H25N3OS2. The molecule has 6 heteroatoms. The Morgan fingerprint density at radius 3 is 3.11 bits per heavy atom. The van der Waals surface area contributed by atoms with Gasteiger partial charge in [0.05, 0.1) is 29.8 Å². The Morgan fingerprint density at radius 2 is 2.30 bits per heavy atom. The Bertz CT molecular complexity index is 841. The molecule has 1 aromatic carbocycles. The molecule has 2 saturated heterocycles. The summed E-state index contributed by atoms with van der Waals surface area (Å²) in [6, 6.07) is 7.93. The number of methoxy groups -OCH3 is 1. The van der Waals surface area contributed by atoms with Gasteiger partial charge in [0, 0.05) is 24.6 Å². The van der Waals surface area contributed by atoms with E-state index in [2.05, 4.69) is 28.0 Å². The molecular weight excluding hydrogens is 374 g/mol. The van der Waals surface area contributed by atoms with Crippen LogP contribution >= 0.6 is 23.5 Å². The topological polar surface area (TPSA) is 38.3 Å². The summed E-state index contributed by atoms with van der Waals surface area (Å²) in [6.45, 7) is 5.82. The summed E-state index contributed by atoms with van der Waals surface area (Å²) in [5, 5.41) is 1.32. The van der Waals surface area contributed by atoms with Crippen molar-refractivity contribution in [3.63, 3.8) is 0 Å². The lowest BCUT2D eigenvalue weighted by atomic mass is 9.89. The van der Waals surface area contributed by atoms with Gasteiger partial charge >= 0.3 is 0 Å². The lowest BCUT2D eigenvalue weighted by molar-refractivity contribution is 0.269. The van der Waals surface area contributed by atoms with Gasteiger partial charge in [0.1, 0.15) is 10.8 Å². The molecule has 4 rings (SSSR count). The molecule has 4 atom stereocenters. The molecule has 0 N–H and O–H groups in total. The van der Waals surface area contributed by atoms with Crippen LogP contribution in [0.4, 0.5) is 0 Å². The molecule has 27 heavy (non-hydrogen) atoms. The van der Waals surface area contributed by atoms with Gasteiger partial charge in [-0.1, -0.05) is 36.6 Å². The van der Waals surface area contributed by atoms with Crippen LogP contribution in [0.1, 0.15) is 43.4 Å². The van der Waals surface area contributed by atoms with Crippen molar-refractivity contribution in [3.05, 3.63) is 35.5 Å². The Kier molecular flexibility index (Phi) is 6.01. The second-order valence-corrected chi connectivity index (χ2v) is 8.96. The second-order valence-electron chi connectivity index (χ2n) is 7.24. The number of aromatic nitrogens is 2. The third-order valence-electron chi connectivity index (χ3n) is 5.47. The molecule has 0 spiro atoms. The van der Waals surface area contributed by atoms with Gasteiger partial charge in [-0.3, -0.25) is 0 Å². The van der Waals surface area contributed by atoms with Gasteiger partial charge in [-0.15, -0.1) is 0 Å². The molecule has 2 aliphatic heterocycles. The van der Waals surface area contributed by atoms with Crippen molar-refractivity contribution in [1.29, 1.82) is 0 Å². The van der Waals surface area contributed by atoms with Crippen molar-refractivity contribution >= 4 is 23.5 Å². The van der Waals surface area contributed by atoms with E-state index in [1.807, 2.05) is 24.3 Å². The Hall–Kier alpha value is -1.55. The third kappa shape index (κ3) is 4.31. The highest BCUT2D eigenvalue weighted by atomic mass is 32.2. The van der Waals surface area contributed by atoms with Crippen molar-refractivity contribution in [2.45, 2.75) is 42.4 Å². The number of piperidine rings is 1. The van der Waals surface area contributed by atoms with Crippen molar-refractivity contribution in [2.24, 2.45) is 5.92 Å². The molecule has 1 aromatic heterocycles. The molecule has 2 unspecified atom stereocenters. The zero-order valence-corrected chi connectivity index (χ0v) is 17.5. The van der Waals surface area contributed by atoms with Gasteiger partial charge in [-0.05, 0) is 49.9 Å². The first-order valence-electron chi connectivity index (χ1n) is 9.64. The van der Waals surface area contributed by atoms with E-state index in [0.29, 0.717) is 5.92 Å². The van der Waals surface area contributed by atoms with Crippen molar-refractivity contribution in [1.82, 2.24) is 13.6 Å². The summed E-state index contributed by atoms with van der Waals surface area (Å²) >= 11 is 3.14. The van der Waals surface area contributed by atoms with Gasteiger partial charge in [0.25, 0.3) is 0 Å². The lowest BCUT2D eigenvalue weighted by Crippen LogP contribution is -2.25. The molecule has 2 bridgehead atoms. The molecule has 0 aliphatic carbocycles. The number of fused-ring (bicyclic) bond motifs is 2. The van der Waals surface area contributed by atoms with E-state index in [0.717, 1.165) is 35.2 Å². The van der Waals surface area contributed by atoms with Gasteiger partial charge in [-0.25, -0.2) is 0 Å². The molecule has 142 valence electrons. The maximum absolute atomic E-state index is 5.29. The van der Waals surface area contributed by atoms with E-state index in [9.17, 15) is 0 Å². The van der Waals surface area contributed by atoms with Crippen molar-refractivity contribution < 1.29 is 4.74 Å². The maximum atomic E-state index is 5.29. The molecule has 2 fully saturated rings. The number of nitrogens with zero attached hydrogens (tertiary/aromatic N) is 3. The fourth-order valence-corrected chi connectivity index (χ4v) is 5.75. The number of thioether (sulfide) groups is 1. The van der Waals surface area contributed by atoms with Crippen LogP contribution in [-0.4, -0.2) is 45.6 Å². The maximum Gasteiger partial charge on any atom is 0.135 e. The van der Waals surface area contributed by atoms with E-state index in [1.165, 1.54) is 43.4 Å². The second kappa shape index (κ2) is 8.64. The molecule has 2 aromatic rings. The predicted octanol–water partition coefficient (Wildman–Crippen LogP) is 4.28. The summed E-state index contributed by atoms with van der Waals surface area (Å²) < 4.78 is 14.6. The van der Waals surface area contributed by atoms with E-state index in [4.69, 9.17) is 9.11 Å². The average Bonchev–Trinajstić information content (AvgIpc) is 3.28. The van der Waals surface area contributed by atoms with Crippen LogP contribution < -0.4 is 4.74 Å². The van der Waals surface area contributed by atoms with E-state index < -0.39 is 0 Å². The number of rotatable bonds is 5. The van der Waals surface area contributed by atoms with Crippen LogP contribution in [0.15, 0.2) is 29.3 Å². The van der Waals surface area contributed by atoms with Crippen LogP contribution in [0.3, 0.4) is 0 Å². The van der Waals surface area contributed by atoms with Gasteiger partial charge in [0.2, 0.25) is 0 Å². The van der Waals surface area contributed by atoms with Crippen molar-refractivity contribution in [3.8, 4) is 17.6 Å². The fourth-order valence-electron chi connectivity index (χ4n) is 4.03. The minimum absolute atomic E-state index is 0.222. The minimum Gasteiger partial charge on any atom is -0.497 e. The van der Waals surface area contributed by atoms with E-state index in [-0.39, 0.29) is 5.25 Å². The molecule has 3 heterocycles. The van der Waals surface area contributed by atoms with Crippen LogP contribution in [0, 0.1) is 17.8 Å². The van der Waals surface area contributed by atoms with Gasteiger partial charge < -0.3 is 9.64 Å². The summed E-state index contributed by atoms with van der Waals surface area (Å²) in [6.07, 6.45) is 3.64. The predicted molar refractivity (Wildman–Crippen MR) is 112 cm³/mol. The van der Waals surface area contributed by atoms with Gasteiger partial charge in [-0.2, -0.15) is 8.75 Å². The number of ether oxygens (including phenoxy) is 1. The fraction of sp³-hybridized carbons (Fsp3) is 0.524. The monoisotopic (exact) mass is 399 g/mol. The van der Waals surface area contributed by atoms with Crippen LogP contribution in [0.5, 0.6) is 5.75 Å². The Morgan fingerprint density at radius 1 is 1.37 bits per heavy atom. The van der Waals surface area contributed by atoms with E-state index in [1.54, 1.807) is 18.9 Å². The highest BCUT2D eigenvalue weighted by Gasteiger charge is 2.39. The van der Waals surface area contributed by atoms with Gasteiger partial charge in [0.15, 0.2) is 0 Å². The van der Waals surface area contributed by atoms with Crippen LogP contribution in [-0.2, 0) is 0 Å². The highest BCUT2D eigenvalue weighted by molar-refractivity contribution is 8.00. The molecule has 4 nitrogen and oxygen atoms in total. The first-order valence-corrected chi connectivity index (χ1v) is 11.2. The highest BCUT2D eigenvalue weighted by Crippen LogP contribution is 2.42. The van der Waals surface area contributed by atoms with Crippen LogP contribution in [0.2, 0.25) is 0 Å². The molecule has 0 radical (unpaired) electrons. The number of hydrogen-bond donors (Lipinski definition) is 0. The van der Waals surface area contributed by atoms with Crippen molar-refractivity contribution in [2.75, 3.05) is 26.7 Å². The number of hydrogen-bond acceptors (Lipinski definition) is 6. The summed E-state index contributed by atoms with van der Waals surface area (Å²) in [5.41, 5.74) is 2.21. The quantitative estimate of drug-likeness (QED) is 0.554. The van der Waals surface area contributed by atoms with E-state index >= 15 is 0 Å². The zero-order valence-electron chi connectivity index (χ0n) is 15.9. The van der Waals surface area contributed by atoms with Crippen LogP contribution in [0.25, 0.3) is 0 Å². The first kappa shape index (κ1) is 18.8. The molecule has 0 saturated carbocycles. The molecule has 0 amide bonds. The summed E-state index contributed by atoms with van der Waals surface area (Å²) in [4.78, 5) is 2.59. The smallest absolute Gasteiger partial charge is 0.135 e. The lowest BCUT2D eigenvalue weighted by Gasteiger charge is -2.21. The Labute approximate surface area is 170 Å². The third-order valence-corrected chi connectivity index (χ3v) is 7.39. The zero-order chi connectivity index (χ0) is 18.6. The SMILES string of the molecule is CCC(C#Cc1cccc(OC)c1)Sc1nsnc1[C@@H]1CN2CCC[C@H]1C2. The Balaban J connectivity index is 1.48. The summed E-state index contributed by atoms with van der Waals surface area (Å²) in [5.74, 6) is 8.88. The largest absolute Gasteiger partial charge is 0.497 e. The summed E-state index contributed by atoms with van der Waals surface area (Å²) in [7, 11) is 1.68. The standard InChI is InChI=1S/C21H25N3OS2/c1-3-18(10-9-15-6-4-8-17(12-15)25-2)26-21-20(22-27-23-21)19-14-24-11-5-7-16(19)13-24/h4,6,8,12,16,18-19H,3,5,7,11,13-14H2,1-2H3/t16-,18?,19+/m0/s1. The molecule has 2 aliphatic rings. The average molecular weight is 400 g/mol.